The zero-order chi connectivity index (χ0) is 23.8. The molecule has 0 aliphatic heterocycles. The van der Waals surface area contributed by atoms with Gasteiger partial charge in [0.15, 0.2) is 0 Å². The molecule has 0 bridgehead atoms. The number of para-hydroxylation sites is 1. The minimum Gasteiger partial charge on any atom is -0.496 e. The van der Waals surface area contributed by atoms with Crippen molar-refractivity contribution >= 4 is 23.3 Å². The summed E-state index contributed by atoms with van der Waals surface area (Å²) in [7, 11) is 1.52. The van der Waals surface area contributed by atoms with Crippen molar-refractivity contribution in [2.24, 2.45) is 22.2 Å². The van der Waals surface area contributed by atoms with Crippen LogP contribution >= 0.6 is 0 Å². The highest BCUT2D eigenvalue weighted by Crippen LogP contribution is 2.22. The minimum absolute atomic E-state index is 0.0396. The van der Waals surface area contributed by atoms with E-state index in [1.54, 1.807) is 36.4 Å². The number of nitrogens with one attached hydrogen (secondary N) is 1. The van der Waals surface area contributed by atoms with Crippen molar-refractivity contribution < 1.29 is 14.3 Å². The van der Waals surface area contributed by atoms with Gasteiger partial charge >= 0.3 is 0 Å². The van der Waals surface area contributed by atoms with E-state index in [0.29, 0.717) is 23.4 Å². The highest BCUT2D eigenvalue weighted by molar-refractivity contribution is 6.24. The van der Waals surface area contributed by atoms with Crippen LogP contribution in [0.2, 0.25) is 0 Å². The van der Waals surface area contributed by atoms with Crippen LogP contribution < -0.4 is 27.3 Å². The maximum absolute atomic E-state index is 12.5. The Morgan fingerprint density at radius 2 is 1.67 bits per heavy atom. The second-order valence-electron chi connectivity index (χ2n) is 8.04. The summed E-state index contributed by atoms with van der Waals surface area (Å²) >= 11 is 0. The van der Waals surface area contributed by atoms with Crippen LogP contribution in [0.5, 0.6) is 5.75 Å². The van der Waals surface area contributed by atoms with E-state index < -0.39 is 5.91 Å². The number of hydrogen-bond acceptors (Lipinski definition) is 5. The lowest BCUT2D eigenvalue weighted by molar-refractivity contribution is -0.114. The number of carbonyl (C=O) groups is 2. The van der Waals surface area contributed by atoms with Gasteiger partial charge in [-0.15, -0.1) is 0 Å². The van der Waals surface area contributed by atoms with Gasteiger partial charge in [0.05, 0.1) is 24.4 Å². The van der Waals surface area contributed by atoms with Crippen LogP contribution in [-0.4, -0.2) is 30.8 Å². The standard InChI is InChI=1S/C25H31N5O3/c1-33-20-10-6-5-9-19(20)25(32)29-15-16-11-13-17(14-12-16)22(26)21(24(28)31)23(27)30-18-7-3-2-4-8-18/h5-6,9-14,18H,2-4,7-8,15,26H2,1H3,(H2,27,30)(H2,28,31)(H,29,32). The molecule has 0 saturated heterocycles. The molecular formula is C25H31N5O3. The molecule has 1 aliphatic rings. The number of nitrogens with zero attached hydrogens (tertiary/aromatic N) is 1. The van der Waals surface area contributed by atoms with Gasteiger partial charge < -0.3 is 27.3 Å². The van der Waals surface area contributed by atoms with Crippen molar-refractivity contribution in [2.75, 3.05) is 7.11 Å². The smallest absolute Gasteiger partial charge is 0.255 e. The number of nitrogens with two attached hydrogens (primary N) is 3. The molecule has 0 aromatic heterocycles. The van der Waals surface area contributed by atoms with Crippen LogP contribution in [0.4, 0.5) is 0 Å². The average molecular weight is 450 g/mol. The first-order valence-corrected chi connectivity index (χ1v) is 11.0. The lowest BCUT2D eigenvalue weighted by Gasteiger charge is -2.19. The van der Waals surface area contributed by atoms with Gasteiger partial charge in [0.25, 0.3) is 11.8 Å². The van der Waals surface area contributed by atoms with Crippen LogP contribution in [0.25, 0.3) is 5.70 Å². The number of carbonyl (C=O) groups excluding carboxylic acids is 2. The quantitative estimate of drug-likeness (QED) is 0.278. The van der Waals surface area contributed by atoms with Gasteiger partial charge in [-0.1, -0.05) is 55.7 Å². The monoisotopic (exact) mass is 449 g/mol. The molecule has 2 aromatic carbocycles. The van der Waals surface area contributed by atoms with Crippen molar-refractivity contribution in [3.05, 3.63) is 70.8 Å². The minimum atomic E-state index is -0.710. The van der Waals surface area contributed by atoms with E-state index in [0.717, 1.165) is 31.2 Å². The topological polar surface area (TPSA) is 146 Å². The fourth-order valence-corrected chi connectivity index (χ4v) is 3.92. The van der Waals surface area contributed by atoms with Gasteiger partial charge in [-0.3, -0.25) is 14.6 Å². The highest BCUT2D eigenvalue weighted by Gasteiger charge is 2.19. The maximum Gasteiger partial charge on any atom is 0.255 e. The molecule has 2 aromatic rings. The number of amidine groups is 1. The van der Waals surface area contributed by atoms with E-state index in [2.05, 4.69) is 10.3 Å². The Balaban J connectivity index is 1.73. The number of methoxy groups -OCH3 is 1. The lowest BCUT2D eigenvalue weighted by atomic mass is 9.96. The zero-order valence-electron chi connectivity index (χ0n) is 18.8. The second kappa shape index (κ2) is 11.2. The first-order chi connectivity index (χ1) is 15.9. The van der Waals surface area contributed by atoms with Crippen molar-refractivity contribution in [1.29, 1.82) is 0 Å². The third-order valence-electron chi connectivity index (χ3n) is 5.74. The maximum atomic E-state index is 12.5. The summed E-state index contributed by atoms with van der Waals surface area (Å²) in [6.07, 6.45) is 5.28. The van der Waals surface area contributed by atoms with E-state index in [9.17, 15) is 9.59 Å². The predicted octanol–water partition coefficient (Wildman–Crippen LogP) is 2.47. The predicted molar refractivity (Wildman–Crippen MR) is 129 cm³/mol. The Bertz CT molecular complexity index is 1050. The first kappa shape index (κ1) is 23.8. The third-order valence-corrected chi connectivity index (χ3v) is 5.74. The highest BCUT2D eigenvalue weighted by atomic mass is 16.5. The van der Waals surface area contributed by atoms with E-state index in [1.165, 1.54) is 13.5 Å². The van der Waals surface area contributed by atoms with E-state index in [-0.39, 0.29) is 29.1 Å². The molecule has 174 valence electrons. The molecule has 7 N–H and O–H groups in total. The number of hydrogen-bond donors (Lipinski definition) is 4. The van der Waals surface area contributed by atoms with E-state index in [4.69, 9.17) is 21.9 Å². The Morgan fingerprint density at radius 3 is 2.30 bits per heavy atom. The summed E-state index contributed by atoms with van der Waals surface area (Å²) in [5.41, 5.74) is 20.1. The Hall–Kier alpha value is -3.81. The van der Waals surface area contributed by atoms with Crippen molar-refractivity contribution in [3.8, 4) is 5.75 Å². The largest absolute Gasteiger partial charge is 0.496 e. The second-order valence-corrected chi connectivity index (χ2v) is 8.04. The van der Waals surface area contributed by atoms with Gasteiger partial charge in [-0.05, 0) is 36.1 Å². The molecule has 0 spiro atoms. The molecule has 2 amide bonds. The van der Waals surface area contributed by atoms with Crippen molar-refractivity contribution in [1.82, 2.24) is 5.32 Å². The van der Waals surface area contributed by atoms with E-state index in [1.807, 2.05) is 12.1 Å². The molecule has 1 aliphatic carbocycles. The Kier molecular flexibility index (Phi) is 8.07. The van der Waals surface area contributed by atoms with Gasteiger partial charge in [0.2, 0.25) is 0 Å². The molecule has 8 nitrogen and oxygen atoms in total. The summed E-state index contributed by atoms with van der Waals surface area (Å²) in [6, 6.07) is 14.3. The first-order valence-electron chi connectivity index (χ1n) is 11.0. The summed E-state index contributed by atoms with van der Waals surface area (Å²) in [4.78, 5) is 29.1. The van der Waals surface area contributed by atoms with Crippen LogP contribution in [-0.2, 0) is 11.3 Å². The van der Waals surface area contributed by atoms with Gasteiger partial charge in [-0.25, -0.2) is 0 Å². The molecule has 0 atom stereocenters. The molecule has 0 unspecified atom stereocenters. The normalized spacial score (nSPS) is 15.5. The molecule has 3 rings (SSSR count). The third kappa shape index (κ3) is 6.12. The zero-order valence-corrected chi connectivity index (χ0v) is 18.8. The van der Waals surface area contributed by atoms with Crippen molar-refractivity contribution in [2.45, 2.75) is 44.7 Å². The molecule has 0 radical (unpaired) electrons. The number of benzene rings is 2. The van der Waals surface area contributed by atoms with Gasteiger partial charge in [0, 0.05) is 6.54 Å². The van der Waals surface area contributed by atoms with Crippen LogP contribution in [0, 0.1) is 0 Å². The number of rotatable bonds is 8. The number of amides is 2. The summed E-state index contributed by atoms with van der Waals surface area (Å²) in [5.74, 6) is -0.355. The lowest BCUT2D eigenvalue weighted by Crippen LogP contribution is -2.31. The summed E-state index contributed by atoms with van der Waals surface area (Å²) in [5, 5.41) is 2.87. The number of ether oxygens (including phenoxy) is 1. The number of primary amides is 1. The molecule has 8 heteroatoms. The molecule has 33 heavy (non-hydrogen) atoms. The fourth-order valence-electron chi connectivity index (χ4n) is 3.92. The molecular weight excluding hydrogens is 418 g/mol. The Morgan fingerprint density at radius 1 is 1.00 bits per heavy atom. The van der Waals surface area contributed by atoms with Crippen LogP contribution in [0.3, 0.4) is 0 Å². The average Bonchev–Trinajstić information content (AvgIpc) is 2.83. The number of aliphatic imine (C=N–C) groups is 1. The molecule has 0 heterocycles. The van der Waals surface area contributed by atoms with Gasteiger partial charge in [0.1, 0.15) is 17.2 Å². The summed E-state index contributed by atoms with van der Waals surface area (Å²) < 4.78 is 5.23. The summed E-state index contributed by atoms with van der Waals surface area (Å²) in [6.45, 7) is 0.314. The molecule has 1 fully saturated rings. The van der Waals surface area contributed by atoms with Crippen molar-refractivity contribution in [3.63, 3.8) is 0 Å². The molecule has 1 saturated carbocycles. The van der Waals surface area contributed by atoms with Crippen LogP contribution in [0.1, 0.15) is 53.6 Å². The van der Waals surface area contributed by atoms with Crippen LogP contribution in [0.15, 0.2) is 59.1 Å². The SMILES string of the molecule is COc1ccccc1C(=O)NCc1ccc(C(N)=C(C(N)=O)C(N)=NC2CCCCC2)cc1. The van der Waals surface area contributed by atoms with Gasteiger partial charge in [-0.2, -0.15) is 0 Å². The fraction of sp³-hybridized carbons (Fsp3) is 0.320. The Labute approximate surface area is 193 Å². The van der Waals surface area contributed by atoms with E-state index >= 15 is 0 Å².